The van der Waals surface area contributed by atoms with Gasteiger partial charge >= 0.3 is 0 Å². The summed E-state index contributed by atoms with van der Waals surface area (Å²) in [6, 6.07) is 10.4. The van der Waals surface area contributed by atoms with Gasteiger partial charge in [-0.1, -0.05) is 48.3 Å². The Hall–Kier alpha value is -2.04. The average molecular weight is 365 g/mol. The second-order valence-electron chi connectivity index (χ2n) is 5.32. The van der Waals surface area contributed by atoms with E-state index in [0.717, 1.165) is 23.2 Å². The van der Waals surface area contributed by atoms with Gasteiger partial charge in [0.1, 0.15) is 0 Å². The van der Waals surface area contributed by atoms with E-state index in [0.29, 0.717) is 15.6 Å². The molecule has 0 unspecified atom stereocenters. The Labute approximate surface area is 151 Å². The molecule has 0 spiro atoms. The second kappa shape index (κ2) is 8.18. The van der Waals surface area contributed by atoms with Gasteiger partial charge < -0.3 is 10.6 Å². The van der Waals surface area contributed by atoms with Crippen LogP contribution in [0.5, 0.6) is 0 Å². The van der Waals surface area contributed by atoms with Gasteiger partial charge in [-0.25, -0.2) is 0 Å². The molecule has 6 heteroatoms. The van der Waals surface area contributed by atoms with E-state index in [1.165, 1.54) is 6.07 Å². The van der Waals surface area contributed by atoms with Gasteiger partial charge in [0.05, 0.1) is 16.6 Å². The maximum absolute atomic E-state index is 12.1. The maximum atomic E-state index is 12.1. The van der Waals surface area contributed by atoms with Gasteiger partial charge in [-0.15, -0.1) is 0 Å². The van der Waals surface area contributed by atoms with Crippen LogP contribution in [0.4, 0.5) is 5.69 Å². The molecule has 0 aromatic heterocycles. The lowest BCUT2D eigenvalue weighted by atomic mass is 10.1. The third-order valence-corrected chi connectivity index (χ3v) is 4.33. The number of nitrogens with one attached hydrogen (secondary N) is 2. The molecule has 4 nitrogen and oxygen atoms in total. The van der Waals surface area contributed by atoms with Gasteiger partial charge in [0.25, 0.3) is 5.91 Å². The van der Waals surface area contributed by atoms with Crippen LogP contribution in [0.25, 0.3) is 0 Å². The molecule has 24 heavy (non-hydrogen) atoms. The van der Waals surface area contributed by atoms with Gasteiger partial charge in [-0.05, 0) is 42.7 Å². The van der Waals surface area contributed by atoms with Crippen LogP contribution in [-0.4, -0.2) is 18.4 Å². The number of amides is 2. The Morgan fingerprint density at radius 3 is 2.50 bits per heavy atom. The van der Waals surface area contributed by atoms with E-state index < -0.39 is 0 Å². The largest absolute Gasteiger partial charge is 0.343 e. The van der Waals surface area contributed by atoms with E-state index in [9.17, 15) is 9.59 Å². The van der Waals surface area contributed by atoms with Crippen molar-refractivity contribution < 1.29 is 9.59 Å². The minimum Gasteiger partial charge on any atom is -0.343 e. The quantitative estimate of drug-likeness (QED) is 0.833. The topological polar surface area (TPSA) is 58.2 Å². The fraction of sp³-hybridized carbons (Fsp3) is 0.222. The van der Waals surface area contributed by atoms with Gasteiger partial charge in [0, 0.05) is 11.3 Å². The van der Waals surface area contributed by atoms with Crippen molar-refractivity contribution in [1.29, 1.82) is 0 Å². The summed E-state index contributed by atoms with van der Waals surface area (Å²) in [5.74, 6) is -0.670. The Bertz CT molecular complexity index is 776. The summed E-state index contributed by atoms with van der Waals surface area (Å²) < 4.78 is 0. The van der Waals surface area contributed by atoms with Crippen molar-refractivity contribution in [3.05, 3.63) is 63.1 Å². The molecule has 0 saturated carbocycles. The zero-order chi connectivity index (χ0) is 17.7. The van der Waals surface area contributed by atoms with Crippen LogP contribution in [0.15, 0.2) is 36.4 Å². The monoisotopic (exact) mass is 364 g/mol. The molecular formula is C18H18Cl2N2O2. The molecule has 2 aromatic carbocycles. The van der Waals surface area contributed by atoms with Crippen LogP contribution in [0, 0.1) is 6.92 Å². The van der Waals surface area contributed by atoms with Crippen molar-refractivity contribution in [2.75, 3.05) is 11.9 Å². The first-order valence-electron chi connectivity index (χ1n) is 7.54. The Kier molecular flexibility index (Phi) is 6.23. The number of halogens is 2. The average Bonchev–Trinajstić information content (AvgIpc) is 2.57. The first kappa shape index (κ1) is 18.3. The van der Waals surface area contributed by atoms with Crippen molar-refractivity contribution >= 4 is 40.7 Å². The molecular weight excluding hydrogens is 347 g/mol. The van der Waals surface area contributed by atoms with Gasteiger partial charge in [0.15, 0.2) is 0 Å². The molecule has 0 aliphatic carbocycles. The van der Waals surface area contributed by atoms with Crippen molar-refractivity contribution in [2.45, 2.75) is 20.3 Å². The van der Waals surface area contributed by atoms with Crippen molar-refractivity contribution in [1.82, 2.24) is 5.32 Å². The molecule has 126 valence electrons. The second-order valence-corrected chi connectivity index (χ2v) is 6.14. The first-order chi connectivity index (χ1) is 11.4. The minimum atomic E-state index is -0.385. The van der Waals surface area contributed by atoms with Gasteiger partial charge in [0.2, 0.25) is 5.91 Å². The highest BCUT2D eigenvalue weighted by Gasteiger charge is 2.12. The lowest BCUT2D eigenvalue weighted by molar-refractivity contribution is -0.115. The highest BCUT2D eigenvalue weighted by atomic mass is 35.5. The third-order valence-electron chi connectivity index (χ3n) is 3.60. The highest BCUT2D eigenvalue weighted by Crippen LogP contribution is 2.23. The van der Waals surface area contributed by atoms with E-state index in [4.69, 9.17) is 23.2 Å². The summed E-state index contributed by atoms with van der Waals surface area (Å²) in [6.07, 6.45) is 0.812. The molecule has 0 fully saturated rings. The standard InChI is InChI=1S/C18H18Cl2N2O2/c1-3-12-6-4-5-11(2)17(12)22-16(23)10-21-18(24)13-7-8-14(19)15(20)9-13/h4-9H,3,10H2,1-2H3,(H,21,24)(H,22,23). The molecule has 0 heterocycles. The number of para-hydroxylation sites is 1. The molecule has 0 atom stereocenters. The van der Waals surface area contributed by atoms with Crippen LogP contribution in [0.3, 0.4) is 0 Å². The summed E-state index contributed by atoms with van der Waals surface area (Å²) in [7, 11) is 0. The Balaban J connectivity index is 1.98. The highest BCUT2D eigenvalue weighted by molar-refractivity contribution is 6.42. The predicted octanol–water partition coefficient (Wildman–Crippen LogP) is 4.23. The number of hydrogen-bond donors (Lipinski definition) is 2. The Morgan fingerprint density at radius 2 is 1.83 bits per heavy atom. The number of hydrogen-bond acceptors (Lipinski definition) is 2. The zero-order valence-corrected chi connectivity index (χ0v) is 15.0. The van der Waals surface area contributed by atoms with Crippen molar-refractivity contribution in [2.24, 2.45) is 0 Å². The van der Waals surface area contributed by atoms with Crippen LogP contribution in [0.1, 0.15) is 28.4 Å². The summed E-state index contributed by atoms with van der Waals surface area (Å²) in [4.78, 5) is 24.2. The molecule has 0 radical (unpaired) electrons. The van der Waals surface area contributed by atoms with Gasteiger partial charge in [-0.2, -0.15) is 0 Å². The van der Waals surface area contributed by atoms with E-state index in [1.54, 1.807) is 12.1 Å². The van der Waals surface area contributed by atoms with Gasteiger partial charge in [-0.3, -0.25) is 9.59 Å². The van der Waals surface area contributed by atoms with Crippen LogP contribution >= 0.6 is 23.2 Å². The van der Waals surface area contributed by atoms with Crippen LogP contribution in [0.2, 0.25) is 10.0 Å². The lowest BCUT2D eigenvalue weighted by Crippen LogP contribution is -2.33. The molecule has 0 saturated heterocycles. The fourth-order valence-corrected chi connectivity index (χ4v) is 2.58. The number of rotatable bonds is 5. The molecule has 0 aliphatic rings. The summed E-state index contributed by atoms with van der Waals surface area (Å²) in [6.45, 7) is 3.83. The predicted molar refractivity (Wildman–Crippen MR) is 98.0 cm³/mol. The number of anilines is 1. The van der Waals surface area contributed by atoms with Crippen molar-refractivity contribution in [3.63, 3.8) is 0 Å². The molecule has 2 N–H and O–H groups in total. The molecule has 2 rings (SSSR count). The summed E-state index contributed by atoms with van der Waals surface area (Å²) in [5, 5.41) is 6.09. The van der Waals surface area contributed by atoms with Crippen LogP contribution < -0.4 is 10.6 Å². The van der Waals surface area contributed by atoms with E-state index in [2.05, 4.69) is 10.6 Å². The van der Waals surface area contributed by atoms with E-state index in [-0.39, 0.29) is 18.4 Å². The third kappa shape index (κ3) is 4.49. The fourth-order valence-electron chi connectivity index (χ4n) is 2.29. The molecule has 2 amide bonds. The summed E-state index contributed by atoms with van der Waals surface area (Å²) >= 11 is 11.7. The van der Waals surface area contributed by atoms with E-state index in [1.807, 2.05) is 32.0 Å². The van der Waals surface area contributed by atoms with Crippen molar-refractivity contribution in [3.8, 4) is 0 Å². The smallest absolute Gasteiger partial charge is 0.251 e. The Morgan fingerprint density at radius 1 is 1.08 bits per heavy atom. The maximum Gasteiger partial charge on any atom is 0.251 e. The lowest BCUT2D eigenvalue weighted by Gasteiger charge is -2.13. The number of benzene rings is 2. The van der Waals surface area contributed by atoms with Crippen LogP contribution in [-0.2, 0) is 11.2 Å². The molecule has 0 bridgehead atoms. The minimum absolute atomic E-state index is 0.128. The molecule has 0 aliphatic heterocycles. The van der Waals surface area contributed by atoms with E-state index >= 15 is 0 Å². The molecule has 2 aromatic rings. The number of carbonyl (C=O) groups is 2. The SMILES string of the molecule is CCc1cccc(C)c1NC(=O)CNC(=O)c1ccc(Cl)c(Cl)c1. The summed E-state index contributed by atoms with van der Waals surface area (Å²) in [5.41, 5.74) is 3.19. The first-order valence-corrected chi connectivity index (χ1v) is 8.29. The zero-order valence-electron chi connectivity index (χ0n) is 13.5. The number of aryl methyl sites for hydroxylation is 2. The normalized spacial score (nSPS) is 10.3. The number of carbonyl (C=O) groups excluding carboxylic acids is 2.